The van der Waals surface area contributed by atoms with Crippen molar-refractivity contribution in [2.75, 3.05) is 6.54 Å². The fraction of sp³-hybridized carbons (Fsp3) is 0.417. The highest BCUT2D eigenvalue weighted by molar-refractivity contribution is 7.10. The Morgan fingerprint density at radius 3 is 3.07 bits per heavy atom. The fourth-order valence-electron chi connectivity index (χ4n) is 1.77. The van der Waals surface area contributed by atoms with E-state index in [1.54, 1.807) is 17.4 Å². The van der Waals surface area contributed by atoms with Crippen LogP contribution in [0.1, 0.15) is 24.3 Å². The van der Waals surface area contributed by atoms with Gasteiger partial charge in [0, 0.05) is 24.0 Å². The molecule has 1 amide bonds. The lowest BCUT2D eigenvalue weighted by molar-refractivity contribution is -0.126. The molecule has 1 aromatic heterocycles. The predicted octanol–water partition coefficient (Wildman–Crippen LogP) is 2.60. The first-order chi connectivity index (χ1) is 7.16. The molecule has 2 heterocycles. The first kappa shape index (κ1) is 10.4. The van der Waals surface area contributed by atoms with Crippen molar-refractivity contribution in [1.82, 2.24) is 4.90 Å². The standard InChI is InChI=1S/C12H15NOS/c1-9(2)7-12(14)13-5-3-11-10(8-13)4-6-15-11/h4,6-7H,3,5,8H2,1-2H3. The van der Waals surface area contributed by atoms with E-state index in [9.17, 15) is 4.79 Å². The largest absolute Gasteiger partial charge is 0.334 e. The minimum atomic E-state index is 0.145. The second-order valence-electron chi connectivity index (χ2n) is 4.10. The Hall–Kier alpha value is -1.09. The summed E-state index contributed by atoms with van der Waals surface area (Å²) in [7, 11) is 0. The molecule has 15 heavy (non-hydrogen) atoms. The van der Waals surface area contributed by atoms with Crippen LogP contribution in [-0.4, -0.2) is 17.4 Å². The Morgan fingerprint density at radius 2 is 2.33 bits per heavy atom. The average Bonchev–Trinajstić information content (AvgIpc) is 2.62. The summed E-state index contributed by atoms with van der Waals surface area (Å²) in [5.74, 6) is 0.145. The molecule has 0 atom stereocenters. The van der Waals surface area contributed by atoms with Gasteiger partial charge in [0.15, 0.2) is 0 Å². The summed E-state index contributed by atoms with van der Waals surface area (Å²) in [6.45, 7) is 5.55. The van der Waals surface area contributed by atoms with Crippen molar-refractivity contribution in [3.05, 3.63) is 33.5 Å². The van der Waals surface area contributed by atoms with Crippen LogP contribution in [0, 0.1) is 0 Å². The van der Waals surface area contributed by atoms with E-state index in [1.807, 2.05) is 18.7 Å². The highest BCUT2D eigenvalue weighted by Gasteiger charge is 2.19. The van der Waals surface area contributed by atoms with Gasteiger partial charge >= 0.3 is 0 Å². The Bertz CT molecular complexity index is 402. The van der Waals surface area contributed by atoms with Crippen LogP contribution in [0.15, 0.2) is 23.1 Å². The van der Waals surface area contributed by atoms with Crippen LogP contribution in [0.5, 0.6) is 0 Å². The lowest BCUT2D eigenvalue weighted by Gasteiger charge is -2.26. The van der Waals surface area contributed by atoms with Gasteiger partial charge in [-0.1, -0.05) is 5.57 Å². The number of hydrogen-bond acceptors (Lipinski definition) is 2. The van der Waals surface area contributed by atoms with Crippen LogP contribution in [0.25, 0.3) is 0 Å². The van der Waals surface area contributed by atoms with E-state index < -0.39 is 0 Å². The second kappa shape index (κ2) is 4.19. The molecule has 0 unspecified atom stereocenters. The number of amides is 1. The van der Waals surface area contributed by atoms with Gasteiger partial charge in [-0.25, -0.2) is 0 Å². The van der Waals surface area contributed by atoms with Crippen LogP contribution >= 0.6 is 11.3 Å². The summed E-state index contributed by atoms with van der Waals surface area (Å²) >= 11 is 1.80. The van der Waals surface area contributed by atoms with Gasteiger partial charge in [-0.2, -0.15) is 0 Å². The fourth-order valence-corrected chi connectivity index (χ4v) is 2.66. The monoisotopic (exact) mass is 221 g/mol. The summed E-state index contributed by atoms with van der Waals surface area (Å²) in [6, 6.07) is 2.13. The van der Waals surface area contributed by atoms with Crippen molar-refractivity contribution in [3.8, 4) is 0 Å². The molecule has 0 N–H and O–H groups in total. The zero-order chi connectivity index (χ0) is 10.8. The molecule has 0 saturated heterocycles. The van der Waals surface area contributed by atoms with Crippen molar-refractivity contribution in [2.45, 2.75) is 26.8 Å². The molecule has 1 aliphatic heterocycles. The van der Waals surface area contributed by atoms with E-state index in [0.717, 1.165) is 25.1 Å². The van der Waals surface area contributed by atoms with Crippen LogP contribution in [0.4, 0.5) is 0 Å². The molecule has 2 nitrogen and oxygen atoms in total. The smallest absolute Gasteiger partial charge is 0.246 e. The topological polar surface area (TPSA) is 20.3 Å². The third kappa shape index (κ3) is 2.29. The summed E-state index contributed by atoms with van der Waals surface area (Å²) in [5.41, 5.74) is 2.39. The molecule has 0 fully saturated rings. The van der Waals surface area contributed by atoms with Gasteiger partial charge < -0.3 is 4.90 Å². The number of fused-ring (bicyclic) bond motifs is 1. The first-order valence-electron chi connectivity index (χ1n) is 5.16. The number of thiophene rings is 1. The molecule has 0 bridgehead atoms. The van der Waals surface area contributed by atoms with Gasteiger partial charge in [0.05, 0.1) is 0 Å². The molecule has 0 aromatic carbocycles. The summed E-state index contributed by atoms with van der Waals surface area (Å²) in [5, 5.41) is 2.11. The predicted molar refractivity (Wildman–Crippen MR) is 62.9 cm³/mol. The quantitative estimate of drug-likeness (QED) is 0.667. The zero-order valence-corrected chi connectivity index (χ0v) is 9.93. The van der Waals surface area contributed by atoms with Gasteiger partial charge in [-0.05, 0) is 37.3 Å². The number of allylic oxidation sites excluding steroid dienone is 1. The Labute approximate surface area is 94.2 Å². The third-order valence-corrected chi connectivity index (χ3v) is 3.55. The van der Waals surface area contributed by atoms with Crippen LogP contribution < -0.4 is 0 Å². The van der Waals surface area contributed by atoms with Gasteiger partial charge in [0.1, 0.15) is 0 Å². The normalized spacial score (nSPS) is 14.7. The van der Waals surface area contributed by atoms with Gasteiger partial charge in [0.2, 0.25) is 5.91 Å². The van der Waals surface area contributed by atoms with E-state index in [0.29, 0.717) is 0 Å². The highest BCUT2D eigenvalue weighted by atomic mass is 32.1. The zero-order valence-electron chi connectivity index (χ0n) is 9.12. The van der Waals surface area contributed by atoms with Crippen LogP contribution in [-0.2, 0) is 17.8 Å². The Morgan fingerprint density at radius 1 is 1.53 bits per heavy atom. The molecule has 0 spiro atoms. The van der Waals surface area contributed by atoms with Crippen molar-refractivity contribution < 1.29 is 4.79 Å². The number of hydrogen-bond donors (Lipinski definition) is 0. The van der Waals surface area contributed by atoms with E-state index in [1.165, 1.54) is 10.4 Å². The lowest BCUT2D eigenvalue weighted by Crippen LogP contribution is -2.34. The number of rotatable bonds is 1. The van der Waals surface area contributed by atoms with E-state index in [2.05, 4.69) is 11.4 Å². The van der Waals surface area contributed by atoms with E-state index >= 15 is 0 Å². The van der Waals surface area contributed by atoms with Gasteiger partial charge in [-0.15, -0.1) is 11.3 Å². The Balaban J connectivity index is 2.10. The summed E-state index contributed by atoms with van der Waals surface area (Å²) < 4.78 is 0. The van der Waals surface area contributed by atoms with Crippen molar-refractivity contribution in [3.63, 3.8) is 0 Å². The van der Waals surface area contributed by atoms with E-state index in [4.69, 9.17) is 0 Å². The Kier molecular flexibility index (Phi) is 2.91. The average molecular weight is 221 g/mol. The molecular weight excluding hydrogens is 206 g/mol. The third-order valence-electron chi connectivity index (χ3n) is 2.53. The molecule has 80 valence electrons. The molecule has 0 aliphatic carbocycles. The first-order valence-corrected chi connectivity index (χ1v) is 6.04. The molecule has 1 aromatic rings. The molecule has 1 aliphatic rings. The van der Waals surface area contributed by atoms with Crippen molar-refractivity contribution in [2.24, 2.45) is 0 Å². The number of carbonyl (C=O) groups excluding carboxylic acids is 1. The van der Waals surface area contributed by atoms with Crippen molar-refractivity contribution >= 4 is 17.2 Å². The maximum absolute atomic E-state index is 11.8. The maximum atomic E-state index is 11.8. The number of nitrogens with zero attached hydrogens (tertiary/aromatic N) is 1. The molecular formula is C12H15NOS. The van der Waals surface area contributed by atoms with Crippen LogP contribution in [0.3, 0.4) is 0 Å². The molecule has 0 radical (unpaired) electrons. The summed E-state index contributed by atoms with van der Waals surface area (Å²) in [4.78, 5) is 15.2. The molecule has 2 rings (SSSR count). The minimum Gasteiger partial charge on any atom is -0.334 e. The van der Waals surface area contributed by atoms with Crippen LogP contribution in [0.2, 0.25) is 0 Å². The minimum absolute atomic E-state index is 0.145. The van der Waals surface area contributed by atoms with Crippen molar-refractivity contribution in [1.29, 1.82) is 0 Å². The van der Waals surface area contributed by atoms with E-state index in [-0.39, 0.29) is 5.91 Å². The molecule has 0 saturated carbocycles. The second-order valence-corrected chi connectivity index (χ2v) is 5.10. The highest BCUT2D eigenvalue weighted by Crippen LogP contribution is 2.24. The SMILES string of the molecule is CC(C)=CC(=O)N1CCc2sccc2C1. The van der Waals surface area contributed by atoms with Gasteiger partial charge in [-0.3, -0.25) is 4.79 Å². The summed E-state index contributed by atoms with van der Waals surface area (Å²) in [6.07, 6.45) is 2.73. The molecule has 3 heteroatoms. The van der Waals surface area contributed by atoms with Gasteiger partial charge in [0.25, 0.3) is 0 Å². The lowest BCUT2D eigenvalue weighted by atomic mass is 10.1. The maximum Gasteiger partial charge on any atom is 0.246 e. The number of carbonyl (C=O) groups is 1.